The van der Waals surface area contributed by atoms with E-state index in [0.717, 1.165) is 48.2 Å². The van der Waals surface area contributed by atoms with Crippen LogP contribution < -0.4 is 15.4 Å². The number of nitrogens with one attached hydrogen (secondary N) is 2. The first-order valence-electron chi connectivity index (χ1n) is 14.2. The molecule has 10 nitrogen and oxygen atoms in total. The fraction of sp³-hybridized carbons (Fsp3) is 0.452. The van der Waals surface area contributed by atoms with E-state index in [1.165, 1.54) is 0 Å². The zero-order valence-electron chi connectivity index (χ0n) is 25.1. The maximum atomic E-state index is 13.4. The zero-order valence-corrected chi connectivity index (χ0v) is 25.1. The number of amides is 2. The standard InChI is InChI=1S/C31H41N7O3/c1-8-19(2)26(27-17-37(6)36-31(27)41-7)13-23-12-24(15-32-21(23)4)30(40)35-28-14-25(16-33-22(28)5)34-29(39)18-38-11-9-10-20(38)3/h12-17,19-20H,8-11,18H2,1-7H3,(H,34,39)(H,35,40)/b26-13+. The first-order valence-corrected chi connectivity index (χ1v) is 14.2. The molecule has 1 aliphatic rings. The Labute approximate surface area is 242 Å². The van der Waals surface area contributed by atoms with Crippen molar-refractivity contribution in [1.29, 1.82) is 0 Å². The third-order valence-corrected chi connectivity index (χ3v) is 7.80. The van der Waals surface area contributed by atoms with Crippen LogP contribution in [0, 0.1) is 19.8 Å². The predicted molar refractivity (Wildman–Crippen MR) is 162 cm³/mol. The summed E-state index contributed by atoms with van der Waals surface area (Å²) in [5.74, 6) is 0.382. The van der Waals surface area contributed by atoms with Crippen LogP contribution in [-0.4, -0.2) is 62.7 Å². The summed E-state index contributed by atoms with van der Waals surface area (Å²) in [7, 11) is 3.48. The van der Waals surface area contributed by atoms with Crippen LogP contribution in [0.3, 0.4) is 0 Å². The number of carbonyl (C=O) groups is 2. The van der Waals surface area contributed by atoms with Gasteiger partial charge in [0.25, 0.3) is 5.91 Å². The Bertz CT molecular complexity index is 1450. The summed E-state index contributed by atoms with van der Waals surface area (Å²) in [6, 6.07) is 3.99. The molecule has 2 N–H and O–H groups in total. The number of methoxy groups -OCH3 is 1. The van der Waals surface area contributed by atoms with Crippen molar-refractivity contribution in [1.82, 2.24) is 24.6 Å². The minimum absolute atomic E-state index is 0.0943. The number of hydrogen-bond donors (Lipinski definition) is 2. The summed E-state index contributed by atoms with van der Waals surface area (Å²) < 4.78 is 7.27. The van der Waals surface area contributed by atoms with Gasteiger partial charge in [0.2, 0.25) is 11.8 Å². The fourth-order valence-electron chi connectivity index (χ4n) is 5.05. The van der Waals surface area contributed by atoms with E-state index >= 15 is 0 Å². The molecule has 0 aliphatic carbocycles. The normalized spacial score (nSPS) is 16.5. The van der Waals surface area contributed by atoms with Crippen molar-refractivity contribution >= 4 is 34.8 Å². The molecule has 2 amide bonds. The Kier molecular flexibility index (Phi) is 9.54. The van der Waals surface area contributed by atoms with Gasteiger partial charge in [0.1, 0.15) is 0 Å². The highest BCUT2D eigenvalue weighted by Gasteiger charge is 2.23. The number of rotatable bonds is 10. The van der Waals surface area contributed by atoms with Crippen LogP contribution in [0.4, 0.5) is 11.4 Å². The fourth-order valence-corrected chi connectivity index (χ4v) is 5.05. The van der Waals surface area contributed by atoms with Gasteiger partial charge in [0.15, 0.2) is 0 Å². The SMILES string of the molecule is CCC(C)/C(=C\c1cc(C(=O)Nc2cc(NC(=O)CN3CCCC3C)cnc2C)cnc1C)c1cn(C)nc1OC. The lowest BCUT2D eigenvalue weighted by Crippen LogP contribution is -2.35. The molecule has 0 saturated carbocycles. The molecule has 1 saturated heterocycles. The average Bonchev–Trinajstić information content (AvgIpc) is 3.53. The highest BCUT2D eigenvalue weighted by Crippen LogP contribution is 2.34. The number of nitrogens with zero attached hydrogens (tertiary/aromatic N) is 5. The molecule has 218 valence electrons. The van der Waals surface area contributed by atoms with Gasteiger partial charge < -0.3 is 15.4 Å². The van der Waals surface area contributed by atoms with Crippen LogP contribution >= 0.6 is 0 Å². The van der Waals surface area contributed by atoms with Gasteiger partial charge in [-0.25, -0.2) is 0 Å². The number of aryl methyl sites for hydroxylation is 3. The second kappa shape index (κ2) is 13.1. The molecule has 0 bridgehead atoms. The van der Waals surface area contributed by atoms with E-state index in [2.05, 4.69) is 57.4 Å². The molecule has 3 aromatic rings. The second-order valence-corrected chi connectivity index (χ2v) is 10.9. The van der Waals surface area contributed by atoms with E-state index in [0.29, 0.717) is 41.1 Å². The lowest BCUT2D eigenvalue weighted by atomic mass is 9.91. The maximum Gasteiger partial charge on any atom is 0.257 e. The number of aromatic nitrogens is 4. The monoisotopic (exact) mass is 559 g/mol. The molecular formula is C31H41N7O3. The molecule has 41 heavy (non-hydrogen) atoms. The first kappa shape index (κ1) is 29.9. The number of hydrogen-bond acceptors (Lipinski definition) is 7. The Hall–Kier alpha value is -4.05. The van der Waals surface area contributed by atoms with Crippen LogP contribution in [0.5, 0.6) is 5.88 Å². The van der Waals surface area contributed by atoms with Gasteiger partial charge >= 0.3 is 0 Å². The van der Waals surface area contributed by atoms with E-state index in [9.17, 15) is 9.59 Å². The van der Waals surface area contributed by atoms with Crippen molar-refractivity contribution in [3.63, 3.8) is 0 Å². The number of carbonyl (C=O) groups excluding carboxylic acids is 2. The first-order chi connectivity index (χ1) is 19.6. The number of allylic oxidation sites excluding steroid dienone is 1. The molecule has 2 unspecified atom stereocenters. The van der Waals surface area contributed by atoms with E-state index < -0.39 is 0 Å². The third-order valence-electron chi connectivity index (χ3n) is 7.80. The van der Waals surface area contributed by atoms with Crippen LogP contribution in [-0.2, 0) is 11.8 Å². The van der Waals surface area contributed by atoms with Gasteiger partial charge in [0.05, 0.1) is 48.0 Å². The lowest BCUT2D eigenvalue weighted by Gasteiger charge is -2.20. The summed E-state index contributed by atoms with van der Waals surface area (Å²) in [5, 5.41) is 10.3. The largest absolute Gasteiger partial charge is 0.480 e. The van der Waals surface area contributed by atoms with Crippen molar-refractivity contribution in [3.8, 4) is 5.88 Å². The van der Waals surface area contributed by atoms with Crippen LogP contribution in [0.2, 0.25) is 0 Å². The number of anilines is 2. The Morgan fingerprint density at radius 3 is 2.61 bits per heavy atom. The Balaban J connectivity index is 1.55. The molecule has 3 aromatic heterocycles. The molecule has 1 aliphatic heterocycles. The Morgan fingerprint density at radius 1 is 1.17 bits per heavy atom. The predicted octanol–water partition coefficient (Wildman–Crippen LogP) is 5.10. The molecule has 0 aromatic carbocycles. The number of ether oxygens (including phenoxy) is 1. The Morgan fingerprint density at radius 2 is 1.93 bits per heavy atom. The second-order valence-electron chi connectivity index (χ2n) is 10.9. The summed E-state index contributed by atoms with van der Waals surface area (Å²) >= 11 is 0. The topological polar surface area (TPSA) is 114 Å². The lowest BCUT2D eigenvalue weighted by molar-refractivity contribution is -0.117. The molecule has 2 atom stereocenters. The summed E-state index contributed by atoms with van der Waals surface area (Å²) in [6.45, 7) is 11.4. The quantitative estimate of drug-likeness (QED) is 0.355. The van der Waals surface area contributed by atoms with Gasteiger partial charge in [-0.1, -0.05) is 13.8 Å². The third kappa shape index (κ3) is 7.18. The van der Waals surface area contributed by atoms with E-state index in [1.54, 1.807) is 30.3 Å². The van der Waals surface area contributed by atoms with Crippen molar-refractivity contribution < 1.29 is 14.3 Å². The zero-order chi connectivity index (χ0) is 29.7. The minimum atomic E-state index is -0.310. The van der Waals surface area contributed by atoms with Crippen LogP contribution in [0.25, 0.3) is 11.6 Å². The van der Waals surface area contributed by atoms with Gasteiger partial charge in [-0.2, -0.15) is 0 Å². The summed E-state index contributed by atoms with van der Waals surface area (Å²) in [5.41, 5.74) is 5.75. The van der Waals surface area contributed by atoms with E-state index in [4.69, 9.17) is 4.74 Å². The molecule has 0 spiro atoms. The molecule has 0 radical (unpaired) electrons. The van der Waals surface area contributed by atoms with Crippen molar-refractivity contribution in [2.75, 3.05) is 30.8 Å². The van der Waals surface area contributed by atoms with Crippen LogP contribution in [0.1, 0.15) is 72.9 Å². The summed E-state index contributed by atoms with van der Waals surface area (Å²) in [6.07, 6.45) is 10.3. The van der Waals surface area contributed by atoms with Crippen molar-refractivity contribution in [3.05, 3.63) is 58.8 Å². The van der Waals surface area contributed by atoms with Gasteiger partial charge in [-0.05, 0) is 81.8 Å². The van der Waals surface area contributed by atoms with E-state index in [-0.39, 0.29) is 17.7 Å². The van der Waals surface area contributed by atoms with Gasteiger partial charge in [0, 0.05) is 31.2 Å². The van der Waals surface area contributed by atoms with Gasteiger partial charge in [-0.15, -0.1) is 5.10 Å². The highest BCUT2D eigenvalue weighted by atomic mass is 16.5. The molecule has 4 heterocycles. The van der Waals surface area contributed by atoms with Crippen LogP contribution in [0.15, 0.2) is 30.7 Å². The highest BCUT2D eigenvalue weighted by molar-refractivity contribution is 6.05. The summed E-state index contributed by atoms with van der Waals surface area (Å²) in [4.78, 5) is 37.1. The smallest absolute Gasteiger partial charge is 0.257 e. The molecule has 10 heteroatoms. The van der Waals surface area contributed by atoms with Gasteiger partial charge in [-0.3, -0.25) is 29.1 Å². The van der Waals surface area contributed by atoms with E-state index in [1.807, 2.05) is 33.2 Å². The minimum Gasteiger partial charge on any atom is -0.480 e. The number of likely N-dealkylation sites (tertiary alicyclic amines) is 1. The maximum absolute atomic E-state index is 13.4. The molecule has 4 rings (SSSR count). The molecular weight excluding hydrogens is 518 g/mol. The molecule has 1 fully saturated rings. The van der Waals surface area contributed by atoms with Crippen molar-refractivity contribution in [2.45, 2.75) is 59.9 Å². The van der Waals surface area contributed by atoms with Crippen molar-refractivity contribution in [2.24, 2.45) is 13.0 Å². The number of pyridine rings is 2. The average molecular weight is 560 g/mol.